The molecule has 120 valence electrons. The van der Waals surface area contributed by atoms with Gasteiger partial charge in [0.15, 0.2) is 0 Å². The number of rotatable bonds is 6. The Bertz CT molecular complexity index is 369. The van der Waals surface area contributed by atoms with Crippen LogP contribution in [0.15, 0.2) is 0 Å². The Kier molecular flexibility index (Phi) is 6.07. The summed E-state index contributed by atoms with van der Waals surface area (Å²) in [4.78, 5) is 23.5. The molecule has 4 heteroatoms. The van der Waals surface area contributed by atoms with E-state index in [1.807, 2.05) is 0 Å². The predicted octanol–water partition coefficient (Wildman–Crippen LogP) is 3.35. The monoisotopic (exact) mass is 295 g/mol. The number of carbonyl (C=O) groups excluding carboxylic acids is 1. The van der Waals surface area contributed by atoms with Crippen molar-refractivity contribution >= 4 is 11.9 Å². The molecule has 0 spiro atoms. The number of hydrogen-bond acceptors (Lipinski definition) is 2. The molecule has 0 bridgehead atoms. The number of carboxylic acid groups (broad SMARTS) is 1. The molecular weight excluding hydrogens is 266 g/mol. The van der Waals surface area contributed by atoms with Crippen LogP contribution in [0, 0.1) is 17.8 Å². The summed E-state index contributed by atoms with van der Waals surface area (Å²) in [5, 5.41) is 12.4. The van der Waals surface area contributed by atoms with E-state index in [9.17, 15) is 9.59 Å². The molecule has 0 aromatic rings. The Morgan fingerprint density at radius 3 is 2.52 bits per heavy atom. The maximum Gasteiger partial charge on any atom is 0.306 e. The molecule has 21 heavy (non-hydrogen) atoms. The molecule has 4 atom stereocenters. The SMILES string of the molecule is CCCCC1CCCC1NC(=O)C1CCCC(C(=O)O)C1. The van der Waals surface area contributed by atoms with Crippen molar-refractivity contribution in [1.82, 2.24) is 5.32 Å². The summed E-state index contributed by atoms with van der Waals surface area (Å²) in [5.74, 6) is -0.419. The smallest absolute Gasteiger partial charge is 0.306 e. The number of hydrogen-bond donors (Lipinski definition) is 2. The minimum Gasteiger partial charge on any atom is -0.481 e. The van der Waals surface area contributed by atoms with Crippen molar-refractivity contribution in [2.75, 3.05) is 0 Å². The van der Waals surface area contributed by atoms with E-state index in [0.29, 0.717) is 18.4 Å². The van der Waals surface area contributed by atoms with Crippen LogP contribution in [0.1, 0.15) is 71.1 Å². The number of unbranched alkanes of at least 4 members (excludes halogenated alkanes) is 1. The maximum absolute atomic E-state index is 12.4. The highest BCUT2D eigenvalue weighted by Gasteiger charge is 2.34. The lowest BCUT2D eigenvalue weighted by molar-refractivity contribution is -0.144. The van der Waals surface area contributed by atoms with Gasteiger partial charge in [0.2, 0.25) is 5.91 Å². The van der Waals surface area contributed by atoms with Crippen LogP contribution in [0.3, 0.4) is 0 Å². The molecule has 2 aliphatic rings. The standard InChI is InChI=1S/C17H29NO3/c1-2-3-6-12-7-5-10-15(12)18-16(19)13-8-4-9-14(11-13)17(20)21/h12-15H,2-11H2,1H3,(H,18,19)(H,20,21). The van der Waals surface area contributed by atoms with Crippen molar-refractivity contribution in [3.8, 4) is 0 Å². The molecule has 4 nitrogen and oxygen atoms in total. The normalized spacial score (nSPS) is 32.8. The van der Waals surface area contributed by atoms with Gasteiger partial charge in [-0.2, -0.15) is 0 Å². The summed E-state index contributed by atoms with van der Waals surface area (Å²) in [7, 11) is 0. The van der Waals surface area contributed by atoms with Gasteiger partial charge in [0.05, 0.1) is 5.92 Å². The van der Waals surface area contributed by atoms with Crippen LogP contribution in [-0.2, 0) is 9.59 Å². The molecule has 0 heterocycles. The van der Waals surface area contributed by atoms with Gasteiger partial charge in [-0.05, 0) is 44.4 Å². The third-order valence-corrected chi connectivity index (χ3v) is 5.31. The van der Waals surface area contributed by atoms with Gasteiger partial charge in [0.25, 0.3) is 0 Å². The molecule has 0 aromatic carbocycles. The first kappa shape index (κ1) is 16.3. The highest BCUT2D eigenvalue weighted by molar-refractivity contribution is 5.80. The first-order valence-electron chi connectivity index (χ1n) is 8.65. The highest BCUT2D eigenvalue weighted by atomic mass is 16.4. The number of aliphatic carboxylic acids is 1. The van der Waals surface area contributed by atoms with Gasteiger partial charge >= 0.3 is 5.97 Å². The zero-order valence-corrected chi connectivity index (χ0v) is 13.1. The van der Waals surface area contributed by atoms with E-state index in [4.69, 9.17) is 5.11 Å². The number of amides is 1. The fraction of sp³-hybridized carbons (Fsp3) is 0.882. The molecular formula is C17H29NO3. The first-order chi connectivity index (χ1) is 10.1. The van der Waals surface area contributed by atoms with E-state index >= 15 is 0 Å². The van der Waals surface area contributed by atoms with Crippen molar-refractivity contribution in [2.24, 2.45) is 17.8 Å². The van der Waals surface area contributed by atoms with Gasteiger partial charge in [-0.15, -0.1) is 0 Å². The van der Waals surface area contributed by atoms with Gasteiger partial charge in [-0.25, -0.2) is 0 Å². The second-order valence-electron chi connectivity index (χ2n) is 6.85. The summed E-state index contributed by atoms with van der Waals surface area (Å²) in [5.41, 5.74) is 0. The lowest BCUT2D eigenvalue weighted by atomic mass is 9.80. The van der Waals surface area contributed by atoms with E-state index in [0.717, 1.165) is 25.7 Å². The fourth-order valence-electron chi connectivity index (χ4n) is 3.99. The van der Waals surface area contributed by atoms with Crippen molar-refractivity contribution in [2.45, 2.75) is 77.2 Å². The molecule has 0 aliphatic heterocycles. The summed E-state index contributed by atoms with van der Waals surface area (Å²) in [6.45, 7) is 2.20. The van der Waals surface area contributed by atoms with Crippen LogP contribution in [0.2, 0.25) is 0 Å². The number of carbonyl (C=O) groups is 2. The highest BCUT2D eigenvalue weighted by Crippen LogP contribution is 2.32. The molecule has 0 aromatic heterocycles. The van der Waals surface area contributed by atoms with Crippen LogP contribution < -0.4 is 5.32 Å². The molecule has 2 fully saturated rings. The fourth-order valence-corrected chi connectivity index (χ4v) is 3.99. The minimum atomic E-state index is -0.741. The second-order valence-corrected chi connectivity index (χ2v) is 6.85. The molecule has 4 unspecified atom stereocenters. The van der Waals surface area contributed by atoms with Crippen LogP contribution in [-0.4, -0.2) is 23.0 Å². The van der Waals surface area contributed by atoms with Crippen LogP contribution in [0.5, 0.6) is 0 Å². The van der Waals surface area contributed by atoms with Crippen molar-refractivity contribution in [3.63, 3.8) is 0 Å². The predicted molar refractivity (Wildman–Crippen MR) is 81.9 cm³/mol. The van der Waals surface area contributed by atoms with Crippen molar-refractivity contribution in [1.29, 1.82) is 0 Å². The lowest BCUT2D eigenvalue weighted by Crippen LogP contribution is -2.42. The topological polar surface area (TPSA) is 66.4 Å². The van der Waals surface area contributed by atoms with Crippen molar-refractivity contribution in [3.05, 3.63) is 0 Å². The zero-order valence-electron chi connectivity index (χ0n) is 13.1. The summed E-state index contributed by atoms with van der Waals surface area (Å²) in [6.07, 6.45) is 10.1. The van der Waals surface area contributed by atoms with E-state index in [2.05, 4.69) is 12.2 Å². The third kappa shape index (κ3) is 4.45. The van der Waals surface area contributed by atoms with Gasteiger partial charge in [0.1, 0.15) is 0 Å². The van der Waals surface area contributed by atoms with Gasteiger partial charge in [0, 0.05) is 12.0 Å². The molecule has 2 N–H and O–H groups in total. The third-order valence-electron chi connectivity index (χ3n) is 5.31. The van der Waals surface area contributed by atoms with Crippen LogP contribution in [0.25, 0.3) is 0 Å². The summed E-state index contributed by atoms with van der Waals surface area (Å²) in [6, 6.07) is 0.328. The van der Waals surface area contributed by atoms with E-state index in [1.54, 1.807) is 0 Å². The first-order valence-corrected chi connectivity index (χ1v) is 8.65. The van der Waals surface area contributed by atoms with E-state index < -0.39 is 5.97 Å². The molecule has 0 radical (unpaired) electrons. The van der Waals surface area contributed by atoms with Gasteiger partial charge in [-0.3, -0.25) is 9.59 Å². The molecule has 2 aliphatic carbocycles. The molecule has 1 amide bonds. The second kappa shape index (κ2) is 7.81. The average molecular weight is 295 g/mol. The largest absolute Gasteiger partial charge is 0.481 e. The maximum atomic E-state index is 12.4. The Balaban J connectivity index is 1.84. The van der Waals surface area contributed by atoms with Crippen LogP contribution in [0.4, 0.5) is 0 Å². The molecule has 2 saturated carbocycles. The summed E-state index contributed by atoms with van der Waals surface area (Å²) < 4.78 is 0. The Labute approximate surface area is 127 Å². The number of nitrogens with one attached hydrogen (secondary N) is 1. The quantitative estimate of drug-likeness (QED) is 0.789. The van der Waals surface area contributed by atoms with Crippen molar-refractivity contribution < 1.29 is 14.7 Å². The van der Waals surface area contributed by atoms with E-state index in [-0.39, 0.29) is 17.7 Å². The van der Waals surface area contributed by atoms with Gasteiger partial charge in [-0.1, -0.05) is 32.6 Å². The zero-order chi connectivity index (χ0) is 15.2. The van der Waals surface area contributed by atoms with E-state index in [1.165, 1.54) is 32.1 Å². The van der Waals surface area contributed by atoms with Crippen LogP contribution >= 0.6 is 0 Å². The molecule has 0 saturated heterocycles. The molecule has 2 rings (SSSR count). The summed E-state index contributed by atoms with van der Waals surface area (Å²) >= 11 is 0. The minimum absolute atomic E-state index is 0.0905. The Morgan fingerprint density at radius 1 is 1.10 bits per heavy atom. The average Bonchev–Trinajstić information content (AvgIpc) is 2.92. The lowest BCUT2D eigenvalue weighted by Gasteiger charge is -2.28. The Morgan fingerprint density at radius 2 is 1.81 bits per heavy atom. The number of carboxylic acids is 1. The Hall–Kier alpha value is -1.06. The van der Waals surface area contributed by atoms with Gasteiger partial charge < -0.3 is 10.4 Å².